The van der Waals surface area contributed by atoms with E-state index in [9.17, 15) is 9.59 Å². The fraction of sp³-hybridized carbons (Fsp3) is 0.308. The molecule has 2 rings (SSSR count). The Morgan fingerprint density at radius 1 is 1.50 bits per heavy atom. The summed E-state index contributed by atoms with van der Waals surface area (Å²) in [5.74, 6) is -1.35. The van der Waals surface area contributed by atoms with Gasteiger partial charge >= 0.3 is 5.97 Å². The second-order valence-electron chi connectivity index (χ2n) is 4.30. The highest BCUT2D eigenvalue weighted by atomic mass is 16.5. The number of rotatable bonds is 6. The molecule has 0 aliphatic carbocycles. The number of amides is 1. The molecule has 7 heteroatoms. The summed E-state index contributed by atoms with van der Waals surface area (Å²) in [6.07, 6.45) is 3.48. The number of carbonyl (C=O) groups excluding carboxylic acids is 1. The first-order valence-corrected chi connectivity index (χ1v) is 6.09. The van der Waals surface area contributed by atoms with Crippen LogP contribution in [0.25, 0.3) is 5.65 Å². The topological polar surface area (TPSA) is 92.9 Å². The fourth-order valence-electron chi connectivity index (χ4n) is 1.68. The van der Waals surface area contributed by atoms with Gasteiger partial charge < -0.3 is 19.6 Å². The monoisotopic (exact) mass is 277 g/mol. The third-order valence-electron chi connectivity index (χ3n) is 2.61. The molecule has 2 heterocycles. The highest BCUT2D eigenvalue weighted by Gasteiger charge is 2.10. The Morgan fingerprint density at radius 2 is 2.30 bits per heavy atom. The third-order valence-corrected chi connectivity index (χ3v) is 2.61. The van der Waals surface area contributed by atoms with Crippen LogP contribution in [0.2, 0.25) is 0 Å². The van der Waals surface area contributed by atoms with Gasteiger partial charge in [-0.05, 0) is 24.6 Å². The molecule has 106 valence electrons. The Morgan fingerprint density at radius 3 is 3.05 bits per heavy atom. The predicted octanol–water partition coefficient (Wildman–Crippen LogP) is 0.474. The molecular weight excluding hydrogens is 262 g/mol. The van der Waals surface area contributed by atoms with E-state index in [1.54, 1.807) is 10.6 Å². The van der Waals surface area contributed by atoms with Gasteiger partial charge in [-0.15, -0.1) is 0 Å². The summed E-state index contributed by atoms with van der Waals surface area (Å²) >= 11 is 0. The standard InChI is InChI=1S/C13H15N3O4/c1-9-2-4-16-7-10(15-11(16)6-9)13(19)14-3-5-20-8-12(17)18/h2,4,6-7H,3,5,8H2,1H3,(H,14,19)(H,17,18). The summed E-state index contributed by atoms with van der Waals surface area (Å²) in [4.78, 5) is 26.3. The van der Waals surface area contributed by atoms with E-state index >= 15 is 0 Å². The van der Waals surface area contributed by atoms with Crippen LogP contribution in [0, 0.1) is 6.92 Å². The van der Waals surface area contributed by atoms with Gasteiger partial charge in [0.2, 0.25) is 0 Å². The molecule has 0 unspecified atom stereocenters. The largest absolute Gasteiger partial charge is 0.480 e. The van der Waals surface area contributed by atoms with Crippen LogP contribution in [0.3, 0.4) is 0 Å². The molecule has 1 amide bonds. The van der Waals surface area contributed by atoms with Crippen LogP contribution in [-0.4, -0.2) is 46.1 Å². The van der Waals surface area contributed by atoms with Gasteiger partial charge in [-0.3, -0.25) is 4.79 Å². The van der Waals surface area contributed by atoms with Crippen LogP contribution >= 0.6 is 0 Å². The van der Waals surface area contributed by atoms with Crippen molar-refractivity contribution in [2.75, 3.05) is 19.8 Å². The quantitative estimate of drug-likeness (QED) is 0.749. The minimum atomic E-state index is -1.04. The molecule has 20 heavy (non-hydrogen) atoms. The zero-order chi connectivity index (χ0) is 14.5. The van der Waals surface area contributed by atoms with Crippen molar-refractivity contribution in [1.82, 2.24) is 14.7 Å². The number of aliphatic carboxylic acids is 1. The average Bonchev–Trinajstić information content (AvgIpc) is 2.80. The molecule has 0 aliphatic heterocycles. The number of nitrogens with zero attached hydrogens (tertiary/aromatic N) is 2. The lowest BCUT2D eigenvalue weighted by Crippen LogP contribution is -2.28. The lowest BCUT2D eigenvalue weighted by Gasteiger charge is -2.02. The van der Waals surface area contributed by atoms with Crippen molar-refractivity contribution in [2.24, 2.45) is 0 Å². The third kappa shape index (κ3) is 3.55. The number of hydrogen-bond donors (Lipinski definition) is 2. The van der Waals surface area contributed by atoms with Crippen LogP contribution in [-0.2, 0) is 9.53 Å². The molecule has 2 aromatic heterocycles. The maximum Gasteiger partial charge on any atom is 0.329 e. The van der Waals surface area contributed by atoms with Gasteiger partial charge in [-0.1, -0.05) is 0 Å². The summed E-state index contributed by atoms with van der Waals surface area (Å²) in [6, 6.07) is 3.81. The summed E-state index contributed by atoms with van der Waals surface area (Å²) < 4.78 is 6.58. The van der Waals surface area contributed by atoms with Crippen LogP contribution in [0.1, 0.15) is 16.1 Å². The Hall–Kier alpha value is -2.41. The average molecular weight is 277 g/mol. The number of aryl methyl sites for hydroxylation is 1. The lowest BCUT2D eigenvalue weighted by atomic mass is 10.3. The molecule has 2 N–H and O–H groups in total. The second-order valence-corrected chi connectivity index (χ2v) is 4.30. The molecule has 0 aromatic carbocycles. The van der Waals surface area contributed by atoms with Gasteiger partial charge in [-0.2, -0.15) is 0 Å². The second kappa shape index (κ2) is 6.16. The number of carbonyl (C=O) groups is 2. The van der Waals surface area contributed by atoms with Crippen LogP contribution in [0.4, 0.5) is 0 Å². The minimum absolute atomic E-state index is 0.143. The first kappa shape index (κ1) is 14.0. The number of carboxylic acids is 1. The van der Waals surface area contributed by atoms with E-state index < -0.39 is 5.97 Å². The van der Waals surface area contributed by atoms with Gasteiger partial charge in [0, 0.05) is 18.9 Å². The van der Waals surface area contributed by atoms with Gasteiger partial charge in [0.1, 0.15) is 17.9 Å². The Kier molecular flexibility index (Phi) is 4.31. The van der Waals surface area contributed by atoms with E-state index in [0.717, 1.165) is 5.56 Å². The molecule has 0 saturated heterocycles. The first-order valence-electron chi connectivity index (χ1n) is 6.09. The SMILES string of the molecule is Cc1ccn2cc(C(=O)NCCOCC(=O)O)nc2c1. The number of pyridine rings is 1. The van der Waals surface area contributed by atoms with Crippen molar-refractivity contribution in [2.45, 2.75) is 6.92 Å². The molecule has 2 aromatic rings. The molecule has 0 saturated carbocycles. The van der Waals surface area contributed by atoms with E-state index in [0.29, 0.717) is 11.3 Å². The van der Waals surface area contributed by atoms with Crippen molar-refractivity contribution in [1.29, 1.82) is 0 Å². The Labute approximate surface area is 115 Å². The molecule has 0 atom stereocenters. The van der Waals surface area contributed by atoms with Crippen molar-refractivity contribution >= 4 is 17.5 Å². The highest BCUT2D eigenvalue weighted by Crippen LogP contribution is 2.07. The highest BCUT2D eigenvalue weighted by molar-refractivity contribution is 5.92. The van der Waals surface area contributed by atoms with Gasteiger partial charge in [0.25, 0.3) is 5.91 Å². The van der Waals surface area contributed by atoms with E-state index in [1.807, 2.05) is 25.3 Å². The van der Waals surface area contributed by atoms with Crippen LogP contribution < -0.4 is 5.32 Å². The van der Waals surface area contributed by atoms with Crippen LogP contribution in [0.5, 0.6) is 0 Å². The lowest BCUT2D eigenvalue weighted by molar-refractivity contribution is -0.142. The number of hydrogen-bond acceptors (Lipinski definition) is 4. The maximum atomic E-state index is 11.8. The van der Waals surface area contributed by atoms with Crippen molar-refractivity contribution in [3.63, 3.8) is 0 Å². The molecule has 0 spiro atoms. The van der Waals surface area contributed by atoms with Crippen LogP contribution in [0.15, 0.2) is 24.5 Å². The van der Waals surface area contributed by atoms with Crippen molar-refractivity contribution in [3.8, 4) is 0 Å². The molecule has 0 bridgehead atoms. The zero-order valence-corrected chi connectivity index (χ0v) is 11.0. The van der Waals surface area contributed by atoms with E-state index in [4.69, 9.17) is 9.84 Å². The smallest absolute Gasteiger partial charge is 0.329 e. The summed E-state index contributed by atoms with van der Waals surface area (Å²) in [5, 5.41) is 11.0. The first-order chi connectivity index (χ1) is 9.56. The van der Waals surface area contributed by atoms with E-state index in [2.05, 4.69) is 10.3 Å². The normalized spacial score (nSPS) is 10.7. The molecule has 0 radical (unpaired) electrons. The molecule has 0 aliphatic rings. The number of aromatic nitrogens is 2. The summed E-state index contributed by atoms with van der Waals surface area (Å²) in [7, 11) is 0. The van der Waals surface area contributed by atoms with Gasteiger partial charge in [0.05, 0.1) is 6.61 Å². The Balaban J connectivity index is 1.89. The zero-order valence-electron chi connectivity index (χ0n) is 11.0. The van der Waals surface area contributed by atoms with E-state index in [-0.39, 0.29) is 25.7 Å². The predicted molar refractivity (Wildman–Crippen MR) is 70.7 cm³/mol. The number of nitrogens with one attached hydrogen (secondary N) is 1. The molecular formula is C13H15N3O4. The van der Waals surface area contributed by atoms with Crippen molar-refractivity contribution in [3.05, 3.63) is 35.8 Å². The van der Waals surface area contributed by atoms with Crippen molar-refractivity contribution < 1.29 is 19.4 Å². The minimum Gasteiger partial charge on any atom is -0.480 e. The van der Waals surface area contributed by atoms with E-state index in [1.165, 1.54) is 0 Å². The fourth-order valence-corrected chi connectivity index (χ4v) is 1.68. The summed E-state index contributed by atoms with van der Waals surface area (Å²) in [5.41, 5.74) is 2.09. The maximum absolute atomic E-state index is 11.8. The number of imidazole rings is 1. The summed E-state index contributed by atoms with van der Waals surface area (Å²) in [6.45, 7) is 1.96. The number of fused-ring (bicyclic) bond motifs is 1. The van der Waals surface area contributed by atoms with Gasteiger partial charge in [0.15, 0.2) is 0 Å². The number of ether oxygens (including phenoxy) is 1. The number of carboxylic acid groups (broad SMARTS) is 1. The van der Waals surface area contributed by atoms with Gasteiger partial charge in [-0.25, -0.2) is 9.78 Å². The Bertz CT molecular complexity index is 636. The molecule has 0 fully saturated rings. The molecule has 7 nitrogen and oxygen atoms in total.